The summed E-state index contributed by atoms with van der Waals surface area (Å²) in [6.07, 6.45) is 1.34. The zero-order valence-corrected chi connectivity index (χ0v) is 16.3. The molecule has 0 aliphatic carbocycles. The Labute approximate surface area is 164 Å². The third kappa shape index (κ3) is 3.66. The molecule has 7 nitrogen and oxygen atoms in total. The minimum Gasteiger partial charge on any atom is -0.368 e. The van der Waals surface area contributed by atoms with E-state index in [1.807, 2.05) is 0 Å². The second kappa shape index (κ2) is 7.47. The Kier molecular flexibility index (Phi) is 5.17. The van der Waals surface area contributed by atoms with Gasteiger partial charge in [0.2, 0.25) is 10.0 Å². The van der Waals surface area contributed by atoms with Crippen LogP contribution in [-0.4, -0.2) is 42.9 Å². The molecule has 1 saturated heterocycles. The van der Waals surface area contributed by atoms with Gasteiger partial charge in [-0.2, -0.15) is 4.31 Å². The van der Waals surface area contributed by atoms with Gasteiger partial charge in [0.15, 0.2) is 5.13 Å². The minimum absolute atomic E-state index is 0.0158. The van der Waals surface area contributed by atoms with E-state index >= 15 is 0 Å². The van der Waals surface area contributed by atoms with Gasteiger partial charge in [-0.25, -0.2) is 22.2 Å². The number of carbonyl (C=O) groups is 1. The minimum atomic E-state index is -4.12. The standard InChI is InChI=1S/C17H17F2N3O4S2/c18-10-3-4-15(11(19)8-10)28(24,25)22-6-5-12-14(9-22)27-17(20-12)21-16(23)13-2-1-7-26-13/h3-4,8,13H,1-2,5-7,9H2,(H,20,21,23). The van der Waals surface area contributed by atoms with Gasteiger partial charge < -0.3 is 4.74 Å². The van der Waals surface area contributed by atoms with Gasteiger partial charge in [-0.05, 0) is 25.0 Å². The number of amides is 1. The number of benzene rings is 1. The molecule has 150 valence electrons. The molecular formula is C17H17F2N3O4S2. The Morgan fingerprint density at radius 3 is 2.89 bits per heavy atom. The van der Waals surface area contributed by atoms with E-state index in [-0.39, 0.29) is 19.0 Å². The Hall–Kier alpha value is -1.95. The van der Waals surface area contributed by atoms with Gasteiger partial charge in [0.05, 0.1) is 12.2 Å². The monoisotopic (exact) mass is 429 g/mol. The first-order valence-electron chi connectivity index (χ1n) is 8.71. The molecule has 2 aromatic rings. The van der Waals surface area contributed by atoms with E-state index in [2.05, 4.69) is 10.3 Å². The van der Waals surface area contributed by atoms with E-state index < -0.39 is 32.7 Å². The van der Waals surface area contributed by atoms with Crippen molar-refractivity contribution in [2.45, 2.75) is 36.8 Å². The molecule has 1 fully saturated rings. The molecule has 1 unspecified atom stereocenters. The molecule has 1 aromatic carbocycles. The number of fused-ring (bicyclic) bond motifs is 1. The van der Waals surface area contributed by atoms with E-state index in [0.717, 1.165) is 22.9 Å². The number of hydrogen-bond donors (Lipinski definition) is 1. The number of thiazole rings is 1. The van der Waals surface area contributed by atoms with Crippen molar-refractivity contribution in [1.29, 1.82) is 0 Å². The average molecular weight is 429 g/mol. The summed E-state index contributed by atoms with van der Waals surface area (Å²) in [4.78, 5) is 16.6. The lowest BCUT2D eigenvalue weighted by atomic mass is 10.2. The number of sulfonamides is 1. The molecule has 2 aliphatic rings. The van der Waals surface area contributed by atoms with E-state index in [4.69, 9.17) is 4.74 Å². The van der Waals surface area contributed by atoms with Crippen LogP contribution in [0.5, 0.6) is 0 Å². The van der Waals surface area contributed by atoms with Crippen LogP contribution in [0, 0.1) is 11.6 Å². The molecule has 1 N–H and O–H groups in total. The molecular weight excluding hydrogens is 412 g/mol. The summed E-state index contributed by atoms with van der Waals surface area (Å²) in [5.74, 6) is -2.23. The number of aromatic nitrogens is 1. The van der Waals surface area contributed by atoms with Gasteiger partial charge in [0.1, 0.15) is 22.6 Å². The van der Waals surface area contributed by atoms with Crippen molar-refractivity contribution in [3.8, 4) is 0 Å². The number of carbonyl (C=O) groups excluding carboxylic acids is 1. The molecule has 4 rings (SSSR count). The molecule has 11 heteroatoms. The third-order valence-electron chi connectivity index (χ3n) is 4.66. The molecule has 2 aliphatic heterocycles. The summed E-state index contributed by atoms with van der Waals surface area (Å²) in [6, 6.07) is 2.39. The number of hydrogen-bond acceptors (Lipinski definition) is 6. The Morgan fingerprint density at radius 2 is 2.18 bits per heavy atom. The smallest absolute Gasteiger partial charge is 0.255 e. The fourth-order valence-electron chi connectivity index (χ4n) is 3.22. The fraction of sp³-hybridized carbons (Fsp3) is 0.412. The zero-order chi connectivity index (χ0) is 19.9. The van der Waals surface area contributed by atoms with E-state index in [0.29, 0.717) is 41.2 Å². The van der Waals surface area contributed by atoms with Crippen molar-refractivity contribution in [1.82, 2.24) is 9.29 Å². The first-order valence-corrected chi connectivity index (χ1v) is 11.0. The third-order valence-corrected chi connectivity index (χ3v) is 7.54. The molecule has 1 amide bonds. The van der Waals surface area contributed by atoms with E-state index in [9.17, 15) is 22.0 Å². The van der Waals surface area contributed by atoms with Crippen LogP contribution in [0.15, 0.2) is 23.1 Å². The molecule has 0 spiro atoms. The van der Waals surface area contributed by atoms with Gasteiger partial charge in [-0.15, -0.1) is 11.3 Å². The van der Waals surface area contributed by atoms with Crippen molar-refractivity contribution < 1.29 is 26.7 Å². The maximum absolute atomic E-state index is 14.0. The SMILES string of the molecule is O=C(Nc1nc2c(s1)CN(S(=O)(=O)c1ccc(F)cc1F)CC2)C1CCCO1. The summed E-state index contributed by atoms with van der Waals surface area (Å²) in [5.41, 5.74) is 0.707. The lowest BCUT2D eigenvalue weighted by Crippen LogP contribution is -2.36. The average Bonchev–Trinajstić information content (AvgIpc) is 3.30. The summed E-state index contributed by atoms with van der Waals surface area (Å²) < 4.78 is 59.0. The Bertz CT molecular complexity index is 1020. The fourth-order valence-corrected chi connectivity index (χ4v) is 5.79. The largest absolute Gasteiger partial charge is 0.368 e. The summed E-state index contributed by atoms with van der Waals surface area (Å²) in [6.45, 7) is 0.691. The number of anilines is 1. The first-order chi connectivity index (χ1) is 13.3. The van der Waals surface area contributed by atoms with Crippen LogP contribution in [0.25, 0.3) is 0 Å². The van der Waals surface area contributed by atoms with Gasteiger partial charge in [-0.1, -0.05) is 0 Å². The number of ether oxygens (including phenoxy) is 1. The summed E-state index contributed by atoms with van der Waals surface area (Å²) >= 11 is 1.19. The molecule has 28 heavy (non-hydrogen) atoms. The van der Waals surface area contributed by atoms with E-state index in [1.165, 1.54) is 11.3 Å². The van der Waals surface area contributed by atoms with Crippen LogP contribution >= 0.6 is 11.3 Å². The first kappa shape index (κ1) is 19.4. The number of nitrogens with one attached hydrogen (secondary N) is 1. The molecule has 1 atom stereocenters. The van der Waals surface area contributed by atoms with Gasteiger partial charge in [0.25, 0.3) is 5.91 Å². The van der Waals surface area contributed by atoms with Crippen LogP contribution in [0.3, 0.4) is 0 Å². The molecule has 0 saturated carbocycles. The second-order valence-corrected chi connectivity index (χ2v) is 9.53. The van der Waals surface area contributed by atoms with E-state index in [1.54, 1.807) is 0 Å². The van der Waals surface area contributed by atoms with Crippen LogP contribution in [0.1, 0.15) is 23.4 Å². The number of nitrogens with zero attached hydrogens (tertiary/aromatic N) is 2. The number of rotatable bonds is 4. The van der Waals surface area contributed by atoms with Crippen molar-refractivity contribution in [3.05, 3.63) is 40.4 Å². The summed E-state index contributed by atoms with van der Waals surface area (Å²) in [7, 11) is -4.12. The Balaban J connectivity index is 1.51. The van der Waals surface area contributed by atoms with Gasteiger partial charge >= 0.3 is 0 Å². The Morgan fingerprint density at radius 1 is 1.36 bits per heavy atom. The predicted octanol–water partition coefficient (Wildman–Crippen LogP) is 2.29. The molecule has 1 aromatic heterocycles. The summed E-state index contributed by atoms with van der Waals surface area (Å²) in [5, 5.41) is 3.10. The highest BCUT2D eigenvalue weighted by Crippen LogP contribution is 2.32. The van der Waals surface area contributed by atoms with Gasteiger partial charge in [-0.3, -0.25) is 10.1 Å². The predicted molar refractivity (Wildman–Crippen MR) is 97.4 cm³/mol. The van der Waals surface area contributed by atoms with Crippen LogP contribution < -0.4 is 5.32 Å². The quantitative estimate of drug-likeness (QED) is 0.806. The highest BCUT2D eigenvalue weighted by Gasteiger charge is 2.33. The van der Waals surface area contributed by atoms with Crippen LogP contribution in [0.4, 0.5) is 13.9 Å². The van der Waals surface area contributed by atoms with Gasteiger partial charge in [0, 0.05) is 30.5 Å². The van der Waals surface area contributed by atoms with Crippen LogP contribution in [-0.2, 0) is 32.5 Å². The maximum Gasteiger partial charge on any atom is 0.255 e. The number of halogens is 2. The maximum atomic E-state index is 14.0. The van der Waals surface area contributed by atoms with Crippen molar-refractivity contribution >= 4 is 32.4 Å². The highest BCUT2D eigenvalue weighted by molar-refractivity contribution is 7.89. The normalized spacial score (nSPS) is 20.1. The van der Waals surface area contributed by atoms with Crippen molar-refractivity contribution in [2.75, 3.05) is 18.5 Å². The lowest BCUT2D eigenvalue weighted by molar-refractivity contribution is -0.124. The zero-order valence-electron chi connectivity index (χ0n) is 14.7. The lowest BCUT2D eigenvalue weighted by Gasteiger charge is -2.25. The molecule has 0 bridgehead atoms. The van der Waals surface area contributed by atoms with Crippen molar-refractivity contribution in [3.63, 3.8) is 0 Å². The van der Waals surface area contributed by atoms with Crippen LogP contribution in [0.2, 0.25) is 0 Å². The topological polar surface area (TPSA) is 88.6 Å². The molecule has 3 heterocycles. The molecule has 0 radical (unpaired) electrons. The van der Waals surface area contributed by atoms with Crippen molar-refractivity contribution in [2.24, 2.45) is 0 Å². The highest BCUT2D eigenvalue weighted by atomic mass is 32.2. The second-order valence-electron chi connectivity index (χ2n) is 6.54.